The highest BCUT2D eigenvalue weighted by molar-refractivity contribution is 6.00. The maximum absolute atomic E-state index is 13.1. The van der Waals surface area contributed by atoms with Gasteiger partial charge in [-0.1, -0.05) is 36.4 Å². The fourth-order valence-electron chi connectivity index (χ4n) is 4.76. The lowest BCUT2D eigenvalue weighted by atomic mass is 9.97. The summed E-state index contributed by atoms with van der Waals surface area (Å²) < 4.78 is 6.32. The first-order chi connectivity index (χ1) is 18.6. The number of benzene rings is 3. The quantitative estimate of drug-likeness (QED) is 0.320. The van der Waals surface area contributed by atoms with Crippen molar-refractivity contribution in [3.05, 3.63) is 89.0 Å². The molecule has 1 heterocycles. The van der Waals surface area contributed by atoms with E-state index in [2.05, 4.69) is 10.6 Å². The molecule has 204 valence electrons. The summed E-state index contributed by atoms with van der Waals surface area (Å²) in [4.78, 5) is 38.1. The molecule has 0 radical (unpaired) electrons. The van der Waals surface area contributed by atoms with E-state index in [9.17, 15) is 14.4 Å². The van der Waals surface area contributed by atoms with E-state index in [1.165, 1.54) is 0 Å². The largest absolute Gasteiger partial charge is 0.488 e. The SMILES string of the molecule is Cc1ccccc1NC(=O)Nc1ccc(CC(C)(C)Oc2ccc3c(c2)C(=O)N(CCC(=O)O)CCC3)cc1. The Morgan fingerprint density at radius 1 is 1.03 bits per heavy atom. The summed E-state index contributed by atoms with van der Waals surface area (Å²) >= 11 is 0. The third-order valence-electron chi connectivity index (χ3n) is 6.70. The van der Waals surface area contributed by atoms with Gasteiger partial charge in [-0.25, -0.2) is 4.79 Å². The Labute approximate surface area is 229 Å². The van der Waals surface area contributed by atoms with Gasteiger partial charge in [-0.2, -0.15) is 0 Å². The second-order valence-corrected chi connectivity index (χ2v) is 10.5. The number of fused-ring (bicyclic) bond motifs is 1. The van der Waals surface area contributed by atoms with Gasteiger partial charge in [0.2, 0.25) is 0 Å². The number of carboxylic acid groups (broad SMARTS) is 1. The van der Waals surface area contributed by atoms with E-state index >= 15 is 0 Å². The van der Waals surface area contributed by atoms with Crippen LogP contribution in [0.4, 0.5) is 16.2 Å². The highest BCUT2D eigenvalue weighted by Crippen LogP contribution is 2.28. The number of rotatable bonds is 9. The predicted molar refractivity (Wildman–Crippen MR) is 152 cm³/mol. The first-order valence-electron chi connectivity index (χ1n) is 13.2. The fraction of sp³-hybridized carbons (Fsp3) is 0.323. The number of aryl methyl sites for hydroxylation is 2. The van der Waals surface area contributed by atoms with Crippen molar-refractivity contribution in [2.24, 2.45) is 0 Å². The Hall–Kier alpha value is -4.33. The number of nitrogens with one attached hydrogen (secondary N) is 2. The monoisotopic (exact) mass is 529 g/mol. The second-order valence-electron chi connectivity index (χ2n) is 10.5. The second kappa shape index (κ2) is 12.0. The molecular formula is C31H35N3O5. The van der Waals surface area contributed by atoms with Gasteiger partial charge in [-0.15, -0.1) is 0 Å². The topological polar surface area (TPSA) is 108 Å². The summed E-state index contributed by atoms with van der Waals surface area (Å²) in [6, 6.07) is 20.5. The van der Waals surface area contributed by atoms with Crippen molar-refractivity contribution in [2.75, 3.05) is 23.7 Å². The van der Waals surface area contributed by atoms with E-state index in [1.807, 2.05) is 81.4 Å². The lowest BCUT2D eigenvalue weighted by Gasteiger charge is -2.27. The average Bonchev–Trinajstić information content (AvgIpc) is 3.03. The lowest BCUT2D eigenvalue weighted by molar-refractivity contribution is -0.137. The van der Waals surface area contributed by atoms with Crippen LogP contribution in [0.15, 0.2) is 66.7 Å². The molecule has 0 saturated heterocycles. The molecule has 0 unspecified atom stereocenters. The van der Waals surface area contributed by atoms with Gasteiger partial charge in [-0.3, -0.25) is 9.59 Å². The van der Waals surface area contributed by atoms with Gasteiger partial charge in [0.15, 0.2) is 0 Å². The van der Waals surface area contributed by atoms with Crippen LogP contribution in [-0.2, 0) is 17.6 Å². The van der Waals surface area contributed by atoms with Crippen molar-refractivity contribution >= 4 is 29.3 Å². The van der Waals surface area contributed by atoms with Crippen molar-refractivity contribution in [1.29, 1.82) is 0 Å². The molecule has 0 fully saturated rings. The van der Waals surface area contributed by atoms with E-state index < -0.39 is 11.6 Å². The third kappa shape index (κ3) is 7.60. The minimum Gasteiger partial charge on any atom is -0.488 e. The molecule has 39 heavy (non-hydrogen) atoms. The number of carboxylic acids is 1. The summed E-state index contributed by atoms with van der Waals surface area (Å²) in [7, 11) is 0. The van der Waals surface area contributed by atoms with Crippen LogP contribution in [0.2, 0.25) is 0 Å². The predicted octanol–water partition coefficient (Wildman–Crippen LogP) is 5.90. The summed E-state index contributed by atoms with van der Waals surface area (Å²) in [6.07, 6.45) is 2.09. The molecule has 3 N–H and O–H groups in total. The standard InChI is InChI=1S/C31H35N3O5/c1-21-7-4-5-9-27(21)33-30(38)32-24-13-10-22(11-14-24)20-31(2,3)39-25-15-12-23-8-6-17-34(18-16-28(35)36)29(37)26(23)19-25/h4-5,7,9-15,19H,6,8,16-18,20H2,1-3H3,(H,35,36)(H2,32,33,38). The van der Waals surface area contributed by atoms with Gasteiger partial charge in [-0.05, 0) is 80.6 Å². The van der Waals surface area contributed by atoms with Crippen molar-refractivity contribution < 1.29 is 24.2 Å². The highest BCUT2D eigenvalue weighted by Gasteiger charge is 2.26. The molecular weight excluding hydrogens is 494 g/mol. The molecule has 4 rings (SSSR count). The normalized spacial score (nSPS) is 13.3. The van der Waals surface area contributed by atoms with Gasteiger partial charge in [0.05, 0.1) is 6.42 Å². The number of ether oxygens (including phenoxy) is 1. The Bertz CT molecular complexity index is 1350. The van der Waals surface area contributed by atoms with Crippen molar-refractivity contribution in [3.8, 4) is 5.75 Å². The highest BCUT2D eigenvalue weighted by atomic mass is 16.5. The van der Waals surface area contributed by atoms with E-state index in [1.54, 1.807) is 11.0 Å². The maximum atomic E-state index is 13.1. The Balaban J connectivity index is 1.37. The fourth-order valence-corrected chi connectivity index (χ4v) is 4.76. The summed E-state index contributed by atoms with van der Waals surface area (Å²) in [5.74, 6) is -0.472. The molecule has 3 amide bonds. The van der Waals surface area contributed by atoms with Crippen LogP contribution in [0.25, 0.3) is 0 Å². The summed E-state index contributed by atoms with van der Waals surface area (Å²) in [5, 5.41) is 14.7. The van der Waals surface area contributed by atoms with E-state index in [0.717, 1.165) is 35.2 Å². The molecule has 0 aliphatic carbocycles. The Morgan fingerprint density at radius 3 is 2.49 bits per heavy atom. The van der Waals surface area contributed by atoms with Crippen LogP contribution in [-0.4, -0.2) is 46.6 Å². The number of carbonyl (C=O) groups excluding carboxylic acids is 2. The molecule has 3 aromatic rings. The van der Waals surface area contributed by atoms with Crippen LogP contribution in [0, 0.1) is 6.92 Å². The van der Waals surface area contributed by atoms with Gasteiger partial charge >= 0.3 is 12.0 Å². The lowest BCUT2D eigenvalue weighted by Crippen LogP contribution is -2.33. The minimum absolute atomic E-state index is 0.0734. The van der Waals surface area contributed by atoms with Gasteiger partial charge in [0.1, 0.15) is 11.4 Å². The molecule has 8 heteroatoms. The van der Waals surface area contributed by atoms with E-state index in [0.29, 0.717) is 30.0 Å². The average molecular weight is 530 g/mol. The molecule has 1 aliphatic rings. The molecule has 3 aromatic carbocycles. The molecule has 0 spiro atoms. The summed E-state index contributed by atoms with van der Waals surface area (Å²) in [5.41, 5.74) is 4.43. The number of hydrogen-bond donors (Lipinski definition) is 3. The van der Waals surface area contributed by atoms with E-state index in [4.69, 9.17) is 9.84 Å². The van der Waals surface area contributed by atoms with Crippen LogP contribution in [0.3, 0.4) is 0 Å². The molecule has 0 saturated carbocycles. The number of nitrogens with zero attached hydrogens (tertiary/aromatic N) is 1. The van der Waals surface area contributed by atoms with Crippen molar-refractivity contribution in [2.45, 2.75) is 52.1 Å². The van der Waals surface area contributed by atoms with Crippen LogP contribution in [0.5, 0.6) is 5.75 Å². The molecule has 8 nitrogen and oxygen atoms in total. The zero-order chi connectivity index (χ0) is 28.0. The number of anilines is 2. The van der Waals surface area contributed by atoms with Crippen LogP contribution in [0.1, 0.15) is 53.7 Å². The Morgan fingerprint density at radius 2 is 1.77 bits per heavy atom. The number of amides is 3. The maximum Gasteiger partial charge on any atom is 0.323 e. The smallest absolute Gasteiger partial charge is 0.323 e. The van der Waals surface area contributed by atoms with Crippen LogP contribution >= 0.6 is 0 Å². The molecule has 1 aliphatic heterocycles. The number of aliphatic carboxylic acids is 1. The number of urea groups is 1. The summed E-state index contributed by atoms with van der Waals surface area (Å²) in [6.45, 7) is 6.65. The number of carbonyl (C=O) groups is 3. The Kier molecular flexibility index (Phi) is 8.54. The zero-order valence-electron chi connectivity index (χ0n) is 22.6. The minimum atomic E-state index is -0.916. The van der Waals surface area contributed by atoms with Gasteiger partial charge in [0.25, 0.3) is 5.91 Å². The molecule has 0 bridgehead atoms. The van der Waals surface area contributed by atoms with Gasteiger partial charge < -0.3 is 25.4 Å². The number of para-hydroxylation sites is 1. The first kappa shape index (κ1) is 27.7. The zero-order valence-corrected chi connectivity index (χ0v) is 22.6. The third-order valence-corrected chi connectivity index (χ3v) is 6.70. The number of hydrogen-bond acceptors (Lipinski definition) is 4. The molecule has 0 aromatic heterocycles. The van der Waals surface area contributed by atoms with Crippen molar-refractivity contribution in [3.63, 3.8) is 0 Å². The van der Waals surface area contributed by atoms with E-state index in [-0.39, 0.29) is 24.9 Å². The first-order valence-corrected chi connectivity index (χ1v) is 13.2. The van der Waals surface area contributed by atoms with Crippen LogP contribution < -0.4 is 15.4 Å². The van der Waals surface area contributed by atoms with Gasteiger partial charge in [0, 0.05) is 36.4 Å². The van der Waals surface area contributed by atoms with Crippen molar-refractivity contribution in [1.82, 2.24) is 4.90 Å². The molecule has 0 atom stereocenters.